The summed E-state index contributed by atoms with van der Waals surface area (Å²) in [4.78, 5) is 19.7. The maximum atomic E-state index is 11.8. The molecule has 0 saturated carbocycles. The number of hydrogen-bond acceptors (Lipinski definition) is 5. The van der Waals surface area contributed by atoms with Crippen LogP contribution in [0.15, 0.2) is 41.5 Å². The number of carbonyl (C=O) groups excluding carboxylic acids is 1. The summed E-state index contributed by atoms with van der Waals surface area (Å²) in [5.74, 6) is 0.193. The van der Waals surface area contributed by atoms with Gasteiger partial charge in [0.2, 0.25) is 0 Å². The highest BCUT2D eigenvalue weighted by Crippen LogP contribution is 2.18. The quantitative estimate of drug-likeness (QED) is 0.764. The number of amides is 1. The van der Waals surface area contributed by atoms with Gasteiger partial charge in [-0.05, 0) is 12.1 Å². The van der Waals surface area contributed by atoms with Gasteiger partial charge in [0.05, 0.1) is 11.2 Å². The summed E-state index contributed by atoms with van der Waals surface area (Å²) in [6.07, 6.45) is 3.40. The van der Waals surface area contributed by atoms with E-state index in [0.29, 0.717) is 11.5 Å². The normalized spacial score (nSPS) is 10.3. The van der Waals surface area contributed by atoms with E-state index < -0.39 is 0 Å². The largest absolute Gasteiger partial charge is 0.304 e. The fourth-order valence-electron chi connectivity index (χ4n) is 1.57. The number of aromatic amines is 1. The predicted octanol–water partition coefficient (Wildman–Crippen LogP) is 2.18. The Morgan fingerprint density at radius 1 is 1.32 bits per heavy atom. The van der Waals surface area contributed by atoms with Crippen LogP contribution in [0.2, 0.25) is 0 Å². The molecule has 3 aromatic rings. The monoisotopic (exact) mass is 271 g/mol. The van der Waals surface area contributed by atoms with Crippen LogP contribution >= 0.6 is 11.3 Å². The van der Waals surface area contributed by atoms with E-state index in [2.05, 4.69) is 25.5 Å². The molecule has 0 bridgehead atoms. The van der Waals surface area contributed by atoms with Crippen molar-refractivity contribution in [2.45, 2.75) is 0 Å². The number of pyridine rings is 1. The number of thiazole rings is 1. The summed E-state index contributed by atoms with van der Waals surface area (Å²) in [7, 11) is 0. The molecule has 94 valence electrons. The summed E-state index contributed by atoms with van der Waals surface area (Å²) < 4.78 is 0. The van der Waals surface area contributed by atoms with Crippen molar-refractivity contribution in [2.75, 3.05) is 5.32 Å². The summed E-state index contributed by atoms with van der Waals surface area (Å²) >= 11 is 1.37. The average Bonchev–Trinajstić information content (AvgIpc) is 3.11. The van der Waals surface area contributed by atoms with Gasteiger partial charge in [0, 0.05) is 29.4 Å². The minimum atomic E-state index is -0.269. The van der Waals surface area contributed by atoms with Gasteiger partial charge in [-0.25, -0.2) is 4.98 Å². The number of rotatable bonds is 3. The zero-order chi connectivity index (χ0) is 13.1. The van der Waals surface area contributed by atoms with Gasteiger partial charge in [0.25, 0.3) is 5.91 Å². The van der Waals surface area contributed by atoms with Crippen LogP contribution in [0.5, 0.6) is 0 Å². The summed E-state index contributed by atoms with van der Waals surface area (Å²) in [6.45, 7) is 0. The Morgan fingerprint density at radius 2 is 2.16 bits per heavy atom. The maximum absolute atomic E-state index is 11.8. The predicted molar refractivity (Wildman–Crippen MR) is 71.9 cm³/mol. The number of anilines is 1. The Bertz CT molecular complexity index is 677. The zero-order valence-electron chi connectivity index (χ0n) is 9.70. The van der Waals surface area contributed by atoms with E-state index in [4.69, 9.17) is 0 Å². The van der Waals surface area contributed by atoms with Gasteiger partial charge in [-0.3, -0.25) is 14.9 Å². The van der Waals surface area contributed by atoms with Gasteiger partial charge in [-0.1, -0.05) is 0 Å². The number of nitrogens with zero attached hydrogens (tertiary/aromatic N) is 3. The first-order valence-electron chi connectivity index (χ1n) is 5.48. The maximum Gasteiger partial charge on any atom is 0.276 e. The van der Waals surface area contributed by atoms with E-state index in [1.807, 2.05) is 12.1 Å². The van der Waals surface area contributed by atoms with E-state index in [1.54, 1.807) is 29.4 Å². The van der Waals surface area contributed by atoms with Crippen molar-refractivity contribution in [2.24, 2.45) is 0 Å². The smallest absolute Gasteiger partial charge is 0.276 e. The molecule has 3 heterocycles. The Hall–Kier alpha value is -2.54. The first-order chi connectivity index (χ1) is 9.33. The first-order valence-corrected chi connectivity index (χ1v) is 6.42. The van der Waals surface area contributed by atoms with Crippen LogP contribution in [0.25, 0.3) is 11.3 Å². The number of aromatic nitrogens is 4. The molecule has 0 unspecified atom stereocenters. The van der Waals surface area contributed by atoms with E-state index in [-0.39, 0.29) is 5.91 Å². The topological polar surface area (TPSA) is 83.6 Å². The van der Waals surface area contributed by atoms with Crippen LogP contribution in [0.1, 0.15) is 10.5 Å². The SMILES string of the molecule is O=C(Nc1cc(-c2ccncc2)[nH]n1)c1cscn1. The second kappa shape index (κ2) is 4.99. The Balaban J connectivity index is 1.77. The molecule has 0 spiro atoms. The number of nitrogens with one attached hydrogen (secondary N) is 2. The van der Waals surface area contributed by atoms with Crippen LogP contribution in [0.3, 0.4) is 0 Å². The van der Waals surface area contributed by atoms with Gasteiger partial charge < -0.3 is 5.32 Å². The van der Waals surface area contributed by atoms with Crippen LogP contribution in [-0.2, 0) is 0 Å². The third-order valence-corrected chi connectivity index (χ3v) is 3.06. The molecular weight excluding hydrogens is 262 g/mol. The van der Waals surface area contributed by atoms with E-state index in [9.17, 15) is 4.79 Å². The minimum absolute atomic E-state index is 0.269. The van der Waals surface area contributed by atoms with Crippen molar-refractivity contribution in [1.29, 1.82) is 0 Å². The average molecular weight is 271 g/mol. The molecule has 3 rings (SSSR count). The fraction of sp³-hybridized carbons (Fsp3) is 0. The molecule has 2 N–H and O–H groups in total. The highest BCUT2D eigenvalue weighted by molar-refractivity contribution is 7.07. The number of hydrogen-bond donors (Lipinski definition) is 2. The molecular formula is C12H9N5OS. The molecule has 3 aromatic heterocycles. The minimum Gasteiger partial charge on any atom is -0.304 e. The zero-order valence-corrected chi connectivity index (χ0v) is 10.5. The number of carbonyl (C=O) groups is 1. The summed E-state index contributed by atoms with van der Waals surface area (Å²) in [5.41, 5.74) is 3.77. The molecule has 0 fully saturated rings. The third kappa shape index (κ3) is 2.50. The highest BCUT2D eigenvalue weighted by Gasteiger charge is 2.10. The fourth-order valence-corrected chi connectivity index (χ4v) is 2.10. The summed E-state index contributed by atoms with van der Waals surface area (Å²) in [5, 5.41) is 11.3. The van der Waals surface area contributed by atoms with Gasteiger partial charge >= 0.3 is 0 Å². The van der Waals surface area contributed by atoms with Gasteiger partial charge in [0.1, 0.15) is 5.69 Å². The van der Waals surface area contributed by atoms with Crippen molar-refractivity contribution < 1.29 is 4.79 Å². The van der Waals surface area contributed by atoms with Gasteiger partial charge in [0.15, 0.2) is 5.82 Å². The van der Waals surface area contributed by atoms with E-state index in [0.717, 1.165) is 11.3 Å². The summed E-state index contributed by atoms with van der Waals surface area (Å²) in [6, 6.07) is 5.48. The molecule has 0 saturated heterocycles. The molecule has 7 heteroatoms. The van der Waals surface area contributed by atoms with Gasteiger partial charge in [-0.2, -0.15) is 5.10 Å². The first kappa shape index (κ1) is 11.5. The third-order valence-electron chi connectivity index (χ3n) is 2.48. The highest BCUT2D eigenvalue weighted by atomic mass is 32.1. The Morgan fingerprint density at radius 3 is 2.89 bits per heavy atom. The lowest BCUT2D eigenvalue weighted by Gasteiger charge is -1.96. The van der Waals surface area contributed by atoms with Crippen molar-refractivity contribution in [3.05, 3.63) is 47.2 Å². The second-order valence-electron chi connectivity index (χ2n) is 3.73. The molecule has 19 heavy (non-hydrogen) atoms. The molecule has 0 aliphatic heterocycles. The molecule has 0 atom stereocenters. The lowest BCUT2D eigenvalue weighted by molar-refractivity contribution is 0.102. The Labute approximate surface area is 112 Å². The van der Waals surface area contributed by atoms with E-state index in [1.165, 1.54) is 11.3 Å². The number of H-pyrrole nitrogens is 1. The van der Waals surface area contributed by atoms with Gasteiger partial charge in [-0.15, -0.1) is 11.3 Å². The van der Waals surface area contributed by atoms with Crippen LogP contribution in [-0.4, -0.2) is 26.1 Å². The molecule has 0 radical (unpaired) electrons. The van der Waals surface area contributed by atoms with Crippen molar-refractivity contribution in [3.8, 4) is 11.3 Å². The van der Waals surface area contributed by atoms with E-state index >= 15 is 0 Å². The van der Waals surface area contributed by atoms with Crippen molar-refractivity contribution in [3.63, 3.8) is 0 Å². The van der Waals surface area contributed by atoms with Crippen LogP contribution in [0, 0.1) is 0 Å². The lowest BCUT2D eigenvalue weighted by atomic mass is 10.2. The standard InChI is InChI=1S/C12H9N5OS/c18-12(10-6-19-7-14-10)15-11-5-9(16-17-11)8-1-3-13-4-2-8/h1-7H,(H2,15,16,17,18). The van der Waals surface area contributed by atoms with Crippen LogP contribution < -0.4 is 5.32 Å². The lowest BCUT2D eigenvalue weighted by Crippen LogP contribution is -2.12. The molecule has 6 nitrogen and oxygen atoms in total. The second-order valence-corrected chi connectivity index (χ2v) is 4.45. The van der Waals surface area contributed by atoms with Crippen LogP contribution in [0.4, 0.5) is 5.82 Å². The molecule has 0 aliphatic rings. The molecule has 0 aliphatic carbocycles. The Kier molecular flexibility index (Phi) is 3.03. The molecule has 0 aromatic carbocycles. The molecule has 1 amide bonds. The van der Waals surface area contributed by atoms with Crippen molar-refractivity contribution in [1.82, 2.24) is 20.2 Å². The van der Waals surface area contributed by atoms with Crippen molar-refractivity contribution >= 4 is 23.1 Å².